The maximum atomic E-state index is 14.8. The summed E-state index contributed by atoms with van der Waals surface area (Å²) in [6.45, 7) is 0.383. The number of fused-ring (bicyclic) bond motifs is 2. The Labute approximate surface area is 222 Å². The first-order chi connectivity index (χ1) is 17.6. The van der Waals surface area contributed by atoms with Crippen LogP contribution in [0, 0.1) is 11.7 Å². The number of esters is 1. The maximum Gasteiger partial charge on any atom is 0.401 e. The minimum absolute atomic E-state index is 0.159. The second-order valence-electron chi connectivity index (χ2n) is 9.20. The van der Waals surface area contributed by atoms with Gasteiger partial charge >= 0.3 is 12.1 Å². The summed E-state index contributed by atoms with van der Waals surface area (Å²) in [7, 11) is -3.96. The van der Waals surface area contributed by atoms with E-state index in [0.717, 1.165) is 24.5 Å². The molecule has 2 atom stereocenters. The number of hydrogen-bond donors (Lipinski definition) is 1. The Balaban J connectivity index is 1.70. The van der Waals surface area contributed by atoms with Gasteiger partial charge in [0.05, 0.1) is 10.6 Å². The molecule has 2 unspecified atom stereocenters. The van der Waals surface area contributed by atoms with E-state index in [1.807, 2.05) is 0 Å². The summed E-state index contributed by atoms with van der Waals surface area (Å²) in [6, 6.07) is 4.36. The van der Waals surface area contributed by atoms with Gasteiger partial charge < -0.3 is 14.9 Å². The van der Waals surface area contributed by atoms with Gasteiger partial charge in [0, 0.05) is 46.6 Å². The zero-order valence-corrected chi connectivity index (χ0v) is 21.5. The summed E-state index contributed by atoms with van der Waals surface area (Å²) in [5.41, 5.74) is -3.81. The summed E-state index contributed by atoms with van der Waals surface area (Å²) in [5, 5.41) is 5.76. The number of rotatable bonds is 5. The number of alkyl halides is 3. The number of carbonyl (C=O) groups is 2. The fourth-order valence-corrected chi connectivity index (χ4v) is 5.97. The molecule has 1 spiro atoms. The van der Waals surface area contributed by atoms with Crippen LogP contribution in [-0.2, 0) is 25.0 Å². The van der Waals surface area contributed by atoms with Crippen molar-refractivity contribution >= 4 is 50.5 Å². The lowest BCUT2D eigenvalue weighted by molar-refractivity contribution is -0.178. The summed E-state index contributed by atoms with van der Waals surface area (Å²) >= 11 is 11.7. The lowest BCUT2D eigenvalue weighted by atomic mass is 9.80. The smallest absolute Gasteiger partial charge is 0.401 e. The Bertz CT molecular complexity index is 1540. The molecule has 202 valence electrons. The second kappa shape index (κ2) is 8.90. The van der Waals surface area contributed by atoms with Crippen LogP contribution in [0.2, 0.25) is 10.0 Å². The van der Waals surface area contributed by atoms with Crippen molar-refractivity contribution < 1.29 is 45.1 Å². The van der Waals surface area contributed by atoms with E-state index in [0.29, 0.717) is 0 Å². The van der Waals surface area contributed by atoms with Crippen LogP contribution in [0.1, 0.15) is 43.5 Å². The molecule has 3 aliphatic rings. The van der Waals surface area contributed by atoms with Crippen molar-refractivity contribution in [2.45, 2.75) is 17.9 Å². The van der Waals surface area contributed by atoms with Gasteiger partial charge in [-0.15, -0.1) is 0 Å². The van der Waals surface area contributed by atoms with Crippen LogP contribution in [0.25, 0.3) is 0 Å². The third-order valence-electron chi connectivity index (χ3n) is 6.50. The van der Waals surface area contributed by atoms with E-state index in [9.17, 15) is 35.6 Å². The van der Waals surface area contributed by atoms with Crippen LogP contribution in [0.4, 0.5) is 17.6 Å². The molecule has 1 saturated heterocycles. The van der Waals surface area contributed by atoms with E-state index in [1.54, 1.807) is 0 Å². The zero-order valence-electron chi connectivity index (χ0n) is 19.2. The minimum atomic E-state index is -5.10. The predicted octanol–water partition coefficient (Wildman–Crippen LogP) is 3.98. The molecule has 2 aromatic rings. The molecule has 8 nitrogen and oxygen atoms in total. The van der Waals surface area contributed by atoms with Crippen molar-refractivity contribution in [3.8, 4) is 0 Å². The molecule has 15 heteroatoms. The Hall–Kier alpha value is -2.74. The number of nitrogens with zero attached hydrogens (tertiary/aromatic N) is 1. The van der Waals surface area contributed by atoms with E-state index in [1.165, 1.54) is 6.07 Å². The fraction of sp³-hybridized carbons (Fsp3) is 0.348. The third-order valence-corrected chi connectivity index (χ3v) is 7.78. The summed E-state index contributed by atoms with van der Waals surface area (Å²) in [6.07, 6.45) is -6.42. The first kappa shape index (κ1) is 26.9. The van der Waals surface area contributed by atoms with Gasteiger partial charge in [0.25, 0.3) is 0 Å². The SMILES string of the molecule is CS(=O)(=O)CC(=O)c1c(C2=NOC(c3cc(Cl)cc(Cl)c3F)C2C(F)(F)F)ccc2c1C(=O)OC21CNC1. The normalized spacial score (nSPS) is 22.0. The molecule has 0 bridgehead atoms. The number of benzene rings is 2. The monoisotopic (exact) mass is 594 g/mol. The maximum absolute atomic E-state index is 14.8. The molecule has 0 amide bonds. The molecule has 0 saturated carbocycles. The van der Waals surface area contributed by atoms with Crippen molar-refractivity contribution in [3.63, 3.8) is 0 Å². The molecule has 1 fully saturated rings. The van der Waals surface area contributed by atoms with E-state index < -0.39 is 84.4 Å². The molecule has 3 aliphatic heterocycles. The highest BCUT2D eigenvalue weighted by molar-refractivity contribution is 7.91. The Morgan fingerprint density at radius 3 is 2.50 bits per heavy atom. The number of oxime groups is 1. The van der Waals surface area contributed by atoms with E-state index in [-0.39, 0.29) is 29.2 Å². The van der Waals surface area contributed by atoms with Gasteiger partial charge in [-0.1, -0.05) is 40.5 Å². The van der Waals surface area contributed by atoms with Crippen LogP contribution in [-0.4, -0.2) is 57.2 Å². The van der Waals surface area contributed by atoms with Crippen LogP contribution in [0.15, 0.2) is 29.4 Å². The molecule has 0 radical (unpaired) electrons. The largest absolute Gasteiger partial charge is 0.448 e. The lowest BCUT2D eigenvalue weighted by Gasteiger charge is -2.38. The standard InChI is InChI=1S/C23H16Cl2F4N2O6S/c1-38(34,35)6-14(32)15-10(2-3-12-16(15)21(33)36-22(12)7-30-8-22)19-17(23(27,28)29)20(37-31-19)11-4-9(24)5-13(25)18(11)26/h2-5,17,20,30H,6-8H2,1H3. The number of sulfone groups is 1. The lowest BCUT2D eigenvalue weighted by Crippen LogP contribution is -2.57. The summed E-state index contributed by atoms with van der Waals surface area (Å²) < 4.78 is 87.6. The first-order valence-corrected chi connectivity index (χ1v) is 13.7. The van der Waals surface area contributed by atoms with E-state index in [2.05, 4.69) is 10.5 Å². The van der Waals surface area contributed by atoms with E-state index in [4.69, 9.17) is 32.8 Å². The molecule has 1 N–H and O–H groups in total. The highest BCUT2D eigenvalue weighted by Gasteiger charge is 2.57. The van der Waals surface area contributed by atoms with Crippen molar-refractivity contribution in [2.75, 3.05) is 25.1 Å². The molecular formula is C23H16Cl2F4N2O6S. The average Bonchev–Trinajstić information content (AvgIpc) is 3.34. The average molecular weight is 595 g/mol. The Morgan fingerprint density at radius 1 is 1.24 bits per heavy atom. The number of ether oxygens (including phenoxy) is 1. The van der Waals surface area contributed by atoms with Gasteiger partial charge in [0.15, 0.2) is 27.3 Å². The second-order valence-corrected chi connectivity index (χ2v) is 12.2. The number of ketones is 1. The van der Waals surface area contributed by atoms with Crippen LogP contribution in [0.5, 0.6) is 0 Å². The Kier molecular flexibility index (Phi) is 6.29. The highest BCUT2D eigenvalue weighted by Crippen LogP contribution is 2.48. The topological polar surface area (TPSA) is 111 Å². The Morgan fingerprint density at radius 2 is 1.92 bits per heavy atom. The third kappa shape index (κ3) is 4.34. The minimum Gasteiger partial charge on any atom is -0.448 e. The van der Waals surface area contributed by atoms with Crippen molar-refractivity contribution in [3.05, 3.63) is 67.9 Å². The molecule has 5 rings (SSSR count). The molecule has 2 aromatic carbocycles. The number of hydrogen-bond acceptors (Lipinski definition) is 8. The fourth-order valence-electron chi connectivity index (χ4n) is 4.84. The molecule has 3 heterocycles. The number of nitrogens with one attached hydrogen (secondary N) is 1. The number of halogens is 6. The summed E-state index contributed by atoms with van der Waals surface area (Å²) in [4.78, 5) is 31.2. The van der Waals surface area contributed by atoms with Crippen LogP contribution >= 0.6 is 23.2 Å². The highest BCUT2D eigenvalue weighted by atomic mass is 35.5. The first-order valence-electron chi connectivity index (χ1n) is 10.9. The van der Waals surface area contributed by atoms with Gasteiger partial charge in [-0.3, -0.25) is 4.79 Å². The zero-order chi connectivity index (χ0) is 27.8. The van der Waals surface area contributed by atoms with Crippen molar-refractivity contribution in [2.24, 2.45) is 11.1 Å². The number of Topliss-reactive ketones (excluding diaryl/α,β-unsaturated/α-hetero) is 1. The molecule has 38 heavy (non-hydrogen) atoms. The van der Waals surface area contributed by atoms with Gasteiger partial charge in [-0.2, -0.15) is 13.2 Å². The van der Waals surface area contributed by atoms with Gasteiger partial charge in [-0.05, 0) is 12.1 Å². The molecular weight excluding hydrogens is 579 g/mol. The molecule has 0 aliphatic carbocycles. The van der Waals surface area contributed by atoms with Gasteiger partial charge in [0.1, 0.15) is 23.2 Å². The molecule has 0 aromatic heterocycles. The quantitative estimate of drug-likeness (QED) is 0.241. The van der Waals surface area contributed by atoms with Crippen molar-refractivity contribution in [1.29, 1.82) is 0 Å². The van der Waals surface area contributed by atoms with Crippen molar-refractivity contribution in [1.82, 2.24) is 5.32 Å². The number of carbonyl (C=O) groups excluding carboxylic acids is 2. The van der Waals surface area contributed by atoms with Gasteiger partial charge in [0.2, 0.25) is 0 Å². The van der Waals surface area contributed by atoms with Gasteiger partial charge in [-0.25, -0.2) is 17.6 Å². The van der Waals surface area contributed by atoms with Crippen LogP contribution < -0.4 is 5.32 Å². The summed E-state index contributed by atoms with van der Waals surface area (Å²) in [5.74, 6) is -7.07. The van der Waals surface area contributed by atoms with E-state index >= 15 is 0 Å². The van der Waals surface area contributed by atoms with Crippen LogP contribution in [0.3, 0.4) is 0 Å². The predicted molar refractivity (Wildman–Crippen MR) is 127 cm³/mol.